The Hall–Kier alpha value is -2.06. The molecule has 0 radical (unpaired) electrons. The number of nitrogens with two attached hydrogens (primary N) is 1. The van der Waals surface area contributed by atoms with Gasteiger partial charge in [-0.3, -0.25) is 9.36 Å². The summed E-state index contributed by atoms with van der Waals surface area (Å²) in [5.74, 6) is -0.239. The number of nitrogens with zero attached hydrogens (tertiary/aromatic N) is 4. The zero-order valence-electron chi connectivity index (χ0n) is 8.82. The Morgan fingerprint density at radius 3 is 2.94 bits per heavy atom. The van der Waals surface area contributed by atoms with Crippen molar-refractivity contribution in [3.63, 3.8) is 0 Å². The zero-order valence-corrected chi connectivity index (χ0v) is 8.82. The van der Waals surface area contributed by atoms with E-state index in [1.54, 1.807) is 0 Å². The van der Waals surface area contributed by atoms with Crippen molar-refractivity contribution in [3.8, 4) is 0 Å². The summed E-state index contributed by atoms with van der Waals surface area (Å²) in [5.41, 5.74) is 6.19. The summed E-state index contributed by atoms with van der Waals surface area (Å²) in [6, 6.07) is 0. The molecule has 1 atom stereocenters. The van der Waals surface area contributed by atoms with E-state index in [1.807, 2.05) is 0 Å². The van der Waals surface area contributed by atoms with Crippen LogP contribution in [0.15, 0.2) is 12.7 Å². The number of fused-ring (bicyclic) bond motifs is 1. The maximum absolute atomic E-state index is 11.8. The number of nitrogen functional groups attached to an aromatic ring is 1. The van der Waals surface area contributed by atoms with E-state index in [1.165, 1.54) is 17.2 Å². The molecule has 4 N–H and O–H groups in total. The van der Waals surface area contributed by atoms with E-state index in [4.69, 9.17) is 10.8 Å². The SMILES string of the molecule is Nc1ncnc2c1ncn2C(=O)C[C@H](O)CO. The summed E-state index contributed by atoms with van der Waals surface area (Å²) < 4.78 is 1.17. The second kappa shape index (κ2) is 4.44. The molecule has 0 aromatic carbocycles. The number of aliphatic hydroxyl groups excluding tert-OH is 2. The Balaban J connectivity index is 2.36. The summed E-state index contributed by atoms with van der Waals surface area (Å²) in [7, 11) is 0. The van der Waals surface area contributed by atoms with Crippen LogP contribution >= 0.6 is 0 Å². The third-order valence-corrected chi connectivity index (χ3v) is 2.25. The average Bonchev–Trinajstić information content (AvgIpc) is 2.74. The molecule has 17 heavy (non-hydrogen) atoms. The molecule has 8 nitrogen and oxygen atoms in total. The monoisotopic (exact) mass is 237 g/mol. The predicted octanol–water partition coefficient (Wildman–Crippen LogP) is -1.21. The van der Waals surface area contributed by atoms with Gasteiger partial charge >= 0.3 is 0 Å². The van der Waals surface area contributed by atoms with Gasteiger partial charge in [0.2, 0.25) is 5.91 Å². The number of carbonyl (C=O) groups is 1. The maximum Gasteiger partial charge on any atom is 0.236 e. The fourth-order valence-electron chi connectivity index (χ4n) is 1.40. The summed E-state index contributed by atoms with van der Waals surface area (Å²) >= 11 is 0. The fourth-order valence-corrected chi connectivity index (χ4v) is 1.40. The largest absolute Gasteiger partial charge is 0.394 e. The molecule has 0 bridgehead atoms. The molecule has 0 amide bonds. The average molecular weight is 237 g/mol. The van der Waals surface area contributed by atoms with E-state index in [9.17, 15) is 9.90 Å². The summed E-state index contributed by atoms with van der Waals surface area (Å²) in [6.07, 6.45) is 1.18. The number of aromatic nitrogens is 4. The number of hydrogen-bond donors (Lipinski definition) is 3. The minimum Gasteiger partial charge on any atom is -0.394 e. The van der Waals surface area contributed by atoms with Crippen molar-refractivity contribution in [2.45, 2.75) is 12.5 Å². The molecule has 2 rings (SSSR count). The van der Waals surface area contributed by atoms with Gasteiger partial charge in [-0.25, -0.2) is 15.0 Å². The van der Waals surface area contributed by atoms with Crippen molar-refractivity contribution < 1.29 is 15.0 Å². The van der Waals surface area contributed by atoms with Gasteiger partial charge in [0.05, 0.1) is 19.1 Å². The summed E-state index contributed by atoms with van der Waals surface area (Å²) in [6.45, 7) is -0.477. The van der Waals surface area contributed by atoms with Crippen LogP contribution < -0.4 is 5.73 Å². The molecule has 0 saturated carbocycles. The Bertz CT molecular complexity index is 553. The highest BCUT2D eigenvalue weighted by Crippen LogP contribution is 2.14. The van der Waals surface area contributed by atoms with E-state index in [2.05, 4.69) is 15.0 Å². The van der Waals surface area contributed by atoms with E-state index >= 15 is 0 Å². The molecule has 0 aliphatic rings. The summed E-state index contributed by atoms with van der Waals surface area (Å²) in [4.78, 5) is 23.3. The van der Waals surface area contributed by atoms with Crippen LogP contribution in [-0.2, 0) is 0 Å². The van der Waals surface area contributed by atoms with Gasteiger partial charge in [-0.2, -0.15) is 0 Å². The van der Waals surface area contributed by atoms with Crippen molar-refractivity contribution in [1.82, 2.24) is 19.5 Å². The molecule has 90 valence electrons. The van der Waals surface area contributed by atoms with Crippen molar-refractivity contribution in [2.75, 3.05) is 12.3 Å². The lowest BCUT2D eigenvalue weighted by molar-refractivity contribution is 0.0645. The minimum atomic E-state index is -1.10. The number of carbonyl (C=O) groups excluding carboxylic acids is 1. The molecule has 0 aliphatic carbocycles. The second-order valence-electron chi connectivity index (χ2n) is 3.48. The van der Waals surface area contributed by atoms with Gasteiger partial charge in [0.1, 0.15) is 12.7 Å². The van der Waals surface area contributed by atoms with Crippen molar-refractivity contribution in [3.05, 3.63) is 12.7 Å². The molecule has 0 aliphatic heterocycles. The minimum absolute atomic E-state index is 0.184. The normalized spacial score (nSPS) is 12.8. The lowest BCUT2D eigenvalue weighted by Gasteiger charge is -2.06. The van der Waals surface area contributed by atoms with Crippen LogP contribution in [-0.4, -0.2) is 48.4 Å². The Kier molecular flexibility index (Phi) is 2.98. The van der Waals surface area contributed by atoms with Gasteiger partial charge in [0.15, 0.2) is 17.0 Å². The Morgan fingerprint density at radius 1 is 1.47 bits per heavy atom. The van der Waals surface area contributed by atoms with Gasteiger partial charge in [0, 0.05) is 0 Å². The smallest absolute Gasteiger partial charge is 0.236 e. The van der Waals surface area contributed by atoms with Crippen molar-refractivity contribution >= 4 is 22.9 Å². The molecule has 2 aromatic rings. The topological polar surface area (TPSA) is 127 Å². The molecular formula is C9H11N5O3. The molecule has 2 aromatic heterocycles. The first-order valence-corrected chi connectivity index (χ1v) is 4.89. The highest BCUT2D eigenvalue weighted by molar-refractivity contribution is 5.91. The van der Waals surface area contributed by atoms with Gasteiger partial charge < -0.3 is 15.9 Å². The molecular weight excluding hydrogens is 226 g/mol. The zero-order chi connectivity index (χ0) is 12.4. The first-order chi connectivity index (χ1) is 8.13. The number of aliphatic hydroxyl groups is 2. The highest BCUT2D eigenvalue weighted by atomic mass is 16.3. The molecule has 0 unspecified atom stereocenters. The maximum atomic E-state index is 11.8. The first-order valence-electron chi connectivity index (χ1n) is 4.89. The van der Waals surface area contributed by atoms with Gasteiger partial charge in [-0.05, 0) is 0 Å². The fraction of sp³-hybridized carbons (Fsp3) is 0.333. The Morgan fingerprint density at radius 2 is 2.24 bits per heavy atom. The van der Waals surface area contributed by atoms with Crippen LogP contribution in [0.1, 0.15) is 11.2 Å². The van der Waals surface area contributed by atoms with E-state index in [0.29, 0.717) is 5.52 Å². The van der Waals surface area contributed by atoms with Crippen molar-refractivity contribution in [1.29, 1.82) is 0 Å². The van der Waals surface area contributed by atoms with E-state index < -0.39 is 18.6 Å². The first kappa shape index (κ1) is 11.4. The van der Waals surface area contributed by atoms with Crippen LogP contribution in [0.4, 0.5) is 5.82 Å². The molecule has 8 heteroatoms. The highest BCUT2D eigenvalue weighted by Gasteiger charge is 2.16. The molecule has 0 fully saturated rings. The van der Waals surface area contributed by atoms with E-state index in [-0.39, 0.29) is 17.9 Å². The molecule has 2 heterocycles. The number of imidazole rings is 1. The quantitative estimate of drug-likeness (QED) is 0.611. The van der Waals surface area contributed by atoms with Gasteiger partial charge in [-0.15, -0.1) is 0 Å². The van der Waals surface area contributed by atoms with Gasteiger partial charge in [-0.1, -0.05) is 0 Å². The van der Waals surface area contributed by atoms with Crippen LogP contribution in [0, 0.1) is 0 Å². The summed E-state index contributed by atoms with van der Waals surface area (Å²) in [5, 5.41) is 17.9. The number of anilines is 1. The standard InChI is InChI=1S/C9H11N5O3/c10-8-7-9(12-3-11-8)14(4-13-7)6(17)1-5(16)2-15/h3-5,15-16H,1-2H2,(H2,10,11,12)/t5-/m0/s1. The third-order valence-electron chi connectivity index (χ3n) is 2.25. The lowest BCUT2D eigenvalue weighted by Crippen LogP contribution is -2.21. The predicted molar refractivity (Wildman–Crippen MR) is 58.1 cm³/mol. The van der Waals surface area contributed by atoms with Crippen LogP contribution in [0.2, 0.25) is 0 Å². The molecule has 0 spiro atoms. The Labute approximate surface area is 95.7 Å². The van der Waals surface area contributed by atoms with Crippen molar-refractivity contribution in [2.24, 2.45) is 0 Å². The van der Waals surface area contributed by atoms with Crippen LogP contribution in [0.3, 0.4) is 0 Å². The lowest BCUT2D eigenvalue weighted by atomic mass is 10.2. The second-order valence-corrected chi connectivity index (χ2v) is 3.48. The van der Waals surface area contributed by atoms with Crippen LogP contribution in [0.5, 0.6) is 0 Å². The number of rotatable bonds is 3. The molecule has 0 saturated heterocycles. The van der Waals surface area contributed by atoms with E-state index in [0.717, 1.165) is 0 Å². The van der Waals surface area contributed by atoms with Crippen LogP contribution in [0.25, 0.3) is 11.2 Å². The van der Waals surface area contributed by atoms with Gasteiger partial charge in [0.25, 0.3) is 0 Å². The third kappa shape index (κ3) is 2.08. The number of hydrogen-bond acceptors (Lipinski definition) is 7.